The van der Waals surface area contributed by atoms with Crippen LogP contribution in [0.2, 0.25) is 0 Å². The molecule has 22 heavy (non-hydrogen) atoms. The van der Waals surface area contributed by atoms with Crippen molar-refractivity contribution in [3.05, 3.63) is 63.8 Å². The lowest BCUT2D eigenvalue weighted by Gasteiger charge is -2.19. The molecule has 0 unspecified atom stereocenters. The van der Waals surface area contributed by atoms with Crippen LogP contribution in [0.3, 0.4) is 0 Å². The van der Waals surface area contributed by atoms with Gasteiger partial charge in [-0.2, -0.15) is 0 Å². The van der Waals surface area contributed by atoms with Crippen LogP contribution in [0.25, 0.3) is 0 Å². The molecule has 2 aromatic rings. The number of nitro groups is 1. The van der Waals surface area contributed by atoms with E-state index in [1.165, 1.54) is 24.4 Å². The van der Waals surface area contributed by atoms with Gasteiger partial charge in [0, 0.05) is 23.9 Å². The van der Waals surface area contributed by atoms with E-state index in [4.69, 9.17) is 0 Å². The number of halogens is 2. The van der Waals surface area contributed by atoms with Crippen molar-refractivity contribution in [3.63, 3.8) is 0 Å². The summed E-state index contributed by atoms with van der Waals surface area (Å²) < 4.78 is 27.0. The Morgan fingerprint density at radius 2 is 2.14 bits per heavy atom. The second-order valence-electron chi connectivity index (χ2n) is 4.78. The fraction of sp³-hybridized carbons (Fsp3) is 0.267. The topological polar surface area (TPSA) is 68.1 Å². The number of pyridine rings is 1. The Bertz CT molecular complexity index is 680. The minimum atomic E-state index is -0.690. The predicted octanol–water partition coefficient (Wildman–Crippen LogP) is 4.22. The molecule has 0 aliphatic heterocycles. The third-order valence-electron chi connectivity index (χ3n) is 3.21. The summed E-state index contributed by atoms with van der Waals surface area (Å²) >= 11 is 0. The summed E-state index contributed by atoms with van der Waals surface area (Å²) in [6, 6.07) is 5.55. The van der Waals surface area contributed by atoms with Gasteiger partial charge in [0.15, 0.2) is 0 Å². The van der Waals surface area contributed by atoms with E-state index in [1.807, 2.05) is 6.92 Å². The summed E-state index contributed by atoms with van der Waals surface area (Å²) in [5, 5.41) is 13.9. The first-order valence-corrected chi connectivity index (χ1v) is 6.83. The molecule has 0 fully saturated rings. The second-order valence-corrected chi connectivity index (χ2v) is 4.78. The van der Waals surface area contributed by atoms with Gasteiger partial charge in [-0.25, -0.2) is 13.8 Å². The molecule has 0 radical (unpaired) electrons. The Hall–Kier alpha value is -2.57. The number of rotatable bonds is 6. The zero-order chi connectivity index (χ0) is 16.1. The van der Waals surface area contributed by atoms with Crippen LogP contribution in [0.4, 0.5) is 20.3 Å². The van der Waals surface area contributed by atoms with Gasteiger partial charge in [-0.05, 0) is 18.6 Å². The molecular weight excluding hydrogens is 292 g/mol. The van der Waals surface area contributed by atoms with E-state index in [1.54, 1.807) is 0 Å². The fourth-order valence-corrected chi connectivity index (χ4v) is 2.20. The van der Waals surface area contributed by atoms with Gasteiger partial charge in [0.1, 0.15) is 11.6 Å². The number of hydrogen-bond donors (Lipinski definition) is 1. The molecule has 1 aromatic carbocycles. The number of anilines is 1. The quantitative estimate of drug-likeness (QED) is 0.641. The monoisotopic (exact) mass is 307 g/mol. The van der Waals surface area contributed by atoms with Crippen LogP contribution in [0, 0.1) is 21.7 Å². The first kappa shape index (κ1) is 15.8. The number of benzene rings is 1. The molecular formula is C15H15F2N3O2. The van der Waals surface area contributed by atoms with Crippen molar-refractivity contribution in [1.29, 1.82) is 0 Å². The van der Waals surface area contributed by atoms with Crippen LogP contribution in [-0.2, 0) is 0 Å². The summed E-state index contributed by atoms with van der Waals surface area (Å²) in [6.45, 7) is 1.91. The molecule has 0 spiro atoms. The molecule has 5 nitrogen and oxygen atoms in total. The van der Waals surface area contributed by atoms with Crippen LogP contribution < -0.4 is 5.32 Å². The van der Waals surface area contributed by atoms with Crippen molar-refractivity contribution in [2.75, 3.05) is 5.32 Å². The highest BCUT2D eigenvalue weighted by molar-refractivity contribution is 5.56. The van der Waals surface area contributed by atoms with E-state index < -0.39 is 22.6 Å². The molecule has 0 saturated heterocycles. The lowest BCUT2D eigenvalue weighted by molar-refractivity contribution is -0.384. The third-order valence-corrected chi connectivity index (χ3v) is 3.21. The average molecular weight is 307 g/mol. The predicted molar refractivity (Wildman–Crippen MR) is 78.5 cm³/mol. The zero-order valence-electron chi connectivity index (χ0n) is 11.9. The van der Waals surface area contributed by atoms with Crippen molar-refractivity contribution in [1.82, 2.24) is 4.98 Å². The summed E-state index contributed by atoms with van der Waals surface area (Å²) in [5.74, 6) is -1.29. The molecule has 116 valence electrons. The molecule has 1 heterocycles. The van der Waals surface area contributed by atoms with E-state index >= 15 is 0 Å². The number of hydrogen-bond acceptors (Lipinski definition) is 4. The molecule has 0 aliphatic carbocycles. The maximum absolute atomic E-state index is 14.0. The summed E-state index contributed by atoms with van der Waals surface area (Å²) in [7, 11) is 0. The van der Waals surface area contributed by atoms with Crippen LogP contribution in [0.15, 0.2) is 36.5 Å². The van der Waals surface area contributed by atoms with E-state index in [9.17, 15) is 18.9 Å². The van der Waals surface area contributed by atoms with Crippen molar-refractivity contribution in [3.8, 4) is 0 Å². The Morgan fingerprint density at radius 1 is 1.36 bits per heavy atom. The highest BCUT2D eigenvalue weighted by atomic mass is 19.1. The smallest absolute Gasteiger partial charge is 0.311 e. The Kier molecular flexibility index (Phi) is 4.98. The maximum atomic E-state index is 14.0. The standard InChI is InChI=1S/C15H15F2N3O2/c1-2-4-13(11-7-6-10(16)9-12(11)17)19-15-14(20(21)22)5-3-8-18-15/h3,5-9,13H,2,4H2,1H3,(H,18,19)/t13-/m1/s1. The fourth-order valence-electron chi connectivity index (χ4n) is 2.20. The van der Waals surface area contributed by atoms with Gasteiger partial charge in [0.25, 0.3) is 0 Å². The van der Waals surface area contributed by atoms with Gasteiger partial charge in [0.2, 0.25) is 5.82 Å². The Morgan fingerprint density at radius 3 is 2.77 bits per heavy atom. The highest BCUT2D eigenvalue weighted by Crippen LogP contribution is 2.29. The van der Waals surface area contributed by atoms with Gasteiger partial charge in [-0.1, -0.05) is 19.4 Å². The van der Waals surface area contributed by atoms with Gasteiger partial charge in [0.05, 0.1) is 11.0 Å². The number of nitrogens with zero attached hydrogens (tertiary/aromatic N) is 2. The van der Waals surface area contributed by atoms with Gasteiger partial charge >= 0.3 is 5.69 Å². The van der Waals surface area contributed by atoms with Crippen molar-refractivity contribution >= 4 is 11.5 Å². The second kappa shape index (κ2) is 6.93. The lowest BCUT2D eigenvalue weighted by Crippen LogP contribution is -2.14. The van der Waals surface area contributed by atoms with E-state index in [0.29, 0.717) is 6.42 Å². The van der Waals surface area contributed by atoms with Crippen molar-refractivity contribution < 1.29 is 13.7 Å². The zero-order valence-corrected chi connectivity index (χ0v) is 11.9. The van der Waals surface area contributed by atoms with Crippen LogP contribution >= 0.6 is 0 Å². The van der Waals surface area contributed by atoms with Gasteiger partial charge in [-0.3, -0.25) is 10.1 Å². The van der Waals surface area contributed by atoms with E-state index in [0.717, 1.165) is 18.6 Å². The summed E-state index contributed by atoms with van der Waals surface area (Å²) in [5.41, 5.74) is 0.0642. The molecule has 2 rings (SSSR count). The van der Waals surface area contributed by atoms with Gasteiger partial charge < -0.3 is 5.32 Å². The van der Waals surface area contributed by atoms with Crippen molar-refractivity contribution in [2.24, 2.45) is 0 Å². The molecule has 0 amide bonds. The normalized spacial score (nSPS) is 12.0. The molecule has 1 atom stereocenters. The maximum Gasteiger partial charge on any atom is 0.311 e. The molecule has 1 N–H and O–H groups in total. The minimum Gasteiger partial charge on any atom is -0.357 e. The highest BCUT2D eigenvalue weighted by Gasteiger charge is 2.21. The van der Waals surface area contributed by atoms with E-state index in [2.05, 4.69) is 10.3 Å². The van der Waals surface area contributed by atoms with Crippen molar-refractivity contribution in [2.45, 2.75) is 25.8 Å². The Labute approximate surface area is 126 Å². The minimum absolute atomic E-state index is 0.0645. The Balaban J connectivity index is 2.35. The lowest BCUT2D eigenvalue weighted by atomic mass is 10.0. The molecule has 0 saturated carbocycles. The first-order chi connectivity index (χ1) is 10.5. The first-order valence-electron chi connectivity index (χ1n) is 6.83. The third kappa shape index (κ3) is 3.55. The number of nitrogens with one attached hydrogen (secondary N) is 1. The summed E-state index contributed by atoms with van der Waals surface area (Å²) in [6.07, 6.45) is 2.66. The number of aromatic nitrogens is 1. The summed E-state index contributed by atoms with van der Waals surface area (Å²) in [4.78, 5) is 14.4. The largest absolute Gasteiger partial charge is 0.357 e. The molecule has 7 heteroatoms. The average Bonchev–Trinajstić information content (AvgIpc) is 2.47. The molecule has 0 bridgehead atoms. The van der Waals surface area contributed by atoms with Crippen LogP contribution in [-0.4, -0.2) is 9.91 Å². The van der Waals surface area contributed by atoms with Crippen LogP contribution in [0.5, 0.6) is 0 Å². The van der Waals surface area contributed by atoms with E-state index in [-0.39, 0.29) is 17.1 Å². The van der Waals surface area contributed by atoms with Crippen LogP contribution in [0.1, 0.15) is 31.4 Å². The van der Waals surface area contributed by atoms with Gasteiger partial charge in [-0.15, -0.1) is 0 Å². The SMILES string of the molecule is CCC[C@@H](Nc1ncccc1[N+](=O)[O-])c1ccc(F)cc1F. The molecule has 1 aromatic heterocycles. The molecule has 0 aliphatic rings.